The van der Waals surface area contributed by atoms with Gasteiger partial charge in [0.25, 0.3) is 15.6 Å². The Morgan fingerprint density at radius 2 is 1.52 bits per heavy atom. The maximum Gasteiger partial charge on any atom is 0.296 e. The van der Waals surface area contributed by atoms with Crippen LogP contribution < -0.4 is 9.86 Å². The molecule has 1 aromatic heterocycles. The van der Waals surface area contributed by atoms with Gasteiger partial charge in [-0.1, -0.05) is 35.9 Å². The molecule has 0 radical (unpaired) electrons. The van der Waals surface area contributed by atoms with E-state index in [9.17, 15) is 13.2 Å². The van der Waals surface area contributed by atoms with Crippen LogP contribution in [0.1, 0.15) is 29.3 Å². The summed E-state index contributed by atoms with van der Waals surface area (Å²) in [6.07, 6.45) is 0. The molecule has 0 atom stereocenters. The average Bonchev–Trinajstić information content (AvgIpc) is 2.85. The molecule has 0 amide bonds. The predicted molar refractivity (Wildman–Crippen MR) is 117 cm³/mol. The number of anilines is 1. The van der Waals surface area contributed by atoms with E-state index in [0.717, 1.165) is 5.56 Å². The van der Waals surface area contributed by atoms with Crippen LogP contribution in [0.3, 0.4) is 0 Å². The number of nitrogens with zero attached hydrogens (tertiary/aromatic N) is 3. The first-order valence-electron chi connectivity index (χ1n) is 9.55. The molecular weight excluding hydrogens is 386 g/mol. The number of para-hydroxylation sites is 1. The van der Waals surface area contributed by atoms with Crippen LogP contribution >= 0.6 is 0 Å². The van der Waals surface area contributed by atoms with Crippen LogP contribution in [0.15, 0.2) is 52.2 Å². The molecule has 6 nitrogen and oxygen atoms in total. The summed E-state index contributed by atoms with van der Waals surface area (Å²) in [5.74, 6) is 0. The second-order valence-corrected chi connectivity index (χ2v) is 9.11. The van der Waals surface area contributed by atoms with Gasteiger partial charge in [-0.25, -0.2) is 13.1 Å². The summed E-state index contributed by atoms with van der Waals surface area (Å²) < 4.78 is 31.7. The molecule has 0 aliphatic heterocycles. The van der Waals surface area contributed by atoms with Crippen molar-refractivity contribution in [1.82, 2.24) is 9.36 Å². The van der Waals surface area contributed by atoms with Crippen molar-refractivity contribution in [2.75, 3.05) is 10.8 Å². The van der Waals surface area contributed by atoms with Crippen molar-refractivity contribution in [3.05, 3.63) is 75.2 Å². The molecule has 1 heterocycles. The number of rotatable bonds is 5. The van der Waals surface area contributed by atoms with Gasteiger partial charge < -0.3 is 0 Å². The summed E-state index contributed by atoms with van der Waals surface area (Å²) in [5.41, 5.74) is 3.46. The molecule has 0 aliphatic carbocycles. The van der Waals surface area contributed by atoms with E-state index >= 15 is 0 Å². The van der Waals surface area contributed by atoms with Gasteiger partial charge in [0.2, 0.25) is 0 Å². The van der Waals surface area contributed by atoms with Crippen molar-refractivity contribution >= 4 is 15.7 Å². The normalized spacial score (nSPS) is 11.7. The fourth-order valence-corrected chi connectivity index (χ4v) is 5.92. The lowest BCUT2D eigenvalue weighted by atomic mass is 10.1. The number of aromatic nitrogens is 2. The van der Waals surface area contributed by atoms with Crippen molar-refractivity contribution in [2.24, 2.45) is 7.05 Å². The first-order chi connectivity index (χ1) is 13.6. The molecule has 29 heavy (non-hydrogen) atoms. The molecule has 0 N–H and O–H groups in total. The Kier molecular flexibility index (Phi) is 5.45. The second-order valence-electron chi connectivity index (χ2n) is 7.31. The summed E-state index contributed by atoms with van der Waals surface area (Å²) in [5, 5.41) is 0. The Bertz CT molecular complexity index is 1200. The molecule has 0 aliphatic rings. The Labute approximate surface area is 172 Å². The van der Waals surface area contributed by atoms with Crippen LogP contribution in [0, 0.1) is 27.7 Å². The molecule has 0 bridgehead atoms. The van der Waals surface area contributed by atoms with Crippen molar-refractivity contribution in [1.29, 1.82) is 0 Å². The minimum absolute atomic E-state index is 0.157. The third-order valence-corrected chi connectivity index (χ3v) is 7.39. The van der Waals surface area contributed by atoms with E-state index in [1.54, 1.807) is 39.4 Å². The lowest BCUT2D eigenvalue weighted by Gasteiger charge is -2.24. The standard InChI is InChI=1S/C22H27N3O3S/c1-7-24(29(27,28)21-16(3)13-15(2)14-17(21)4)20-18(5)23(6)25(22(20)26)19-11-9-8-10-12-19/h8-14H,7H2,1-6H3. The SMILES string of the molecule is CCN(c1c(C)n(C)n(-c2ccccc2)c1=O)S(=O)(=O)c1c(C)cc(C)cc1C. The molecule has 0 unspecified atom stereocenters. The molecule has 0 spiro atoms. The first-order valence-corrected chi connectivity index (χ1v) is 11.0. The molecule has 3 aromatic rings. The number of hydrogen-bond donors (Lipinski definition) is 0. The van der Waals surface area contributed by atoms with E-state index in [1.165, 1.54) is 8.99 Å². The molecule has 154 valence electrons. The monoisotopic (exact) mass is 413 g/mol. The van der Waals surface area contributed by atoms with Gasteiger partial charge in [0.15, 0.2) is 0 Å². The van der Waals surface area contributed by atoms with Gasteiger partial charge in [0, 0.05) is 13.6 Å². The van der Waals surface area contributed by atoms with Gasteiger partial charge in [-0.15, -0.1) is 0 Å². The van der Waals surface area contributed by atoms with Crippen LogP contribution in [-0.2, 0) is 17.1 Å². The first kappa shape index (κ1) is 20.9. The van der Waals surface area contributed by atoms with Crippen LogP contribution in [0.2, 0.25) is 0 Å². The zero-order valence-electron chi connectivity index (χ0n) is 17.7. The maximum atomic E-state index is 13.6. The van der Waals surface area contributed by atoms with Crippen LogP contribution in [0.4, 0.5) is 5.69 Å². The van der Waals surface area contributed by atoms with Gasteiger partial charge in [-0.05, 0) is 57.9 Å². The highest BCUT2D eigenvalue weighted by atomic mass is 32.2. The highest BCUT2D eigenvalue weighted by Crippen LogP contribution is 2.29. The summed E-state index contributed by atoms with van der Waals surface area (Å²) in [6.45, 7) is 9.19. The van der Waals surface area contributed by atoms with E-state index in [4.69, 9.17) is 0 Å². The third kappa shape index (κ3) is 3.40. The minimum atomic E-state index is -3.91. The molecule has 0 saturated carbocycles. The van der Waals surface area contributed by atoms with E-state index < -0.39 is 10.0 Å². The van der Waals surface area contributed by atoms with E-state index in [0.29, 0.717) is 22.5 Å². The van der Waals surface area contributed by atoms with Crippen molar-refractivity contribution in [2.45, 2.75) is 39.5 Å². The molecular formula is C22H27N3O3S. The Morgan fingerprint density at radius 1 is 0.966 bits per heavy atom. The smallest absolute Gasteiger partial charge is 0.283 e. The van der Waals surface area contributed by atoms with Gasteiger partial charge in [-0.2, -0.15) is 0 Å². The maximum absolute atomic E-state index is 13.6. The Hall–Kier alpha value is -2.80. The Morgan fingerprint density at radius 3 is 2.03 bits per heavy atom. The summed E-state index contributed by atoms with van der Waals surface area (Å²) in [6, 6.07) is 12.9. The van der Waals surface area contributed by atoms with E-state index in [-0.39, 0.29) is 22.7 Å². The van der Waals surface area contributed by atoms with E-state index in [1.807, 2.05) is 49.4 Å². The van der Waals surface area contributed by atoms with E-state index in [2.05, 4.69) is 0 Å². The topological polar surface area (TPSA) is 64.3 Å². The lowest BCUT2D eigenvalue weighted by molar-refractivity contribution is 0.590. The zero-order valence-corrected chi connectivity index (χ0v) is 18.5. The third-order valence-electron chi connectivity index (χ3n) is 5.21. The fraction of sp³-hybridized carbons (Fsp3) is 0.318. The molecule has 0 fully saturated rings. The second kappa shape index (κ2) is 7.55. The summed E-state index contributed by atoms with van der Waals surface area (Å²) >= 11 is 0. The number of aryl methyl sites for hydroxylation is 3. The molecule has 3 rings (SSSR count). The fourth-order valence-electron chi connectivity index (χ4n) is 3.97. The van der Waals surface area contributed by atoms with Gasteiger partial charge in [0.05, 0.1) is 16.3 Å². The predicted octanol–water partition coefficient (Wildman–Crippen LogP) is 3.62. The molecule has 0 saturated heterocycles. The largest absolute Gasteiger partial charge is 0.296 e. The van der Waals surface area contributed by atoms with Crippen molar-refractivity contribution < 1.29 is 8.42 Å². The highest BCUT2D eigenvalue weighted by Gasteiger charge is 2.32. The van der Waals surface area contributed by atoms with Crippen LogP contribution in [-0.4, -0.2) is 24.3 Å². The zero-order chi connectivity index (χ0) is 21.5. The quantitative estimate of drug-likeness (QED) is 0.642. The molecule has 2 aromatic carbocycles. The van der Waals surface area contributed by atoms with Gasteiger partial charge in [-0.3, -0.25) is 13.8 Å². The molecule has 7 heteroatoms. The summed E-state index contributed by atoms with van der Waals surface area (Å²) in [7, 11) is -2.15. The highest BCUT2D eigenvalue weighted by molar-refractivity contribution is 7.93. The Balaban J connectivity index is 2.26. The van der Waals surface area contributed by atoms with Crippen LogP contribution in [0.5, 0.6) is 0 Å². The number of benzene rings is 2. The number of hydrogen-bond acceptors (Lipinski definition) is 3. The summed E-state index contributed by atoms with van der Waals surface area (Å²) in [4.78, 5) is 13.6. The lowest BCUT2D eigenvalue weighted by Crippen LogP contribution is -2.36. The van der Waals surface area contributed by atoms with Gasteiger partial charge in [0.1, 0.15) is 5.69 Å². The van der Waals surface area contributed by atoms with Crippen molar-refractivity contribution in [3.63, 3.8) is 0 Å². The van der Waals surface area contributed by atoms with Crippen LogP contribution in [0.25, 0.3) is 5.69 Å². The van der Waals surface area contributed by atoms with Gasteiger partial charge >= 0.3 is 0 Å². The minimum Gasteiger partial charge on any atom is -0.283 e. The number of sulfonamides is 1. The van der Waals surface area contributed by atoms with Crippen molar-refractivity contribution in [3.8, 4) is 5.69 Å². The average molecular weight is 414 g/mol.